The number of carbonyl (C=O) groups excluding carboxylic acids is 2. The normalized spacial score (nSPS) is 19.5. The van der Waals surface area contributed by atoms with Crippen molar-refractivity contribution in [3.05, 3.63) is 41.0 Å². The number of amides is 3. The molecule has 3 amide bonds. The summed E-state index contributed by atoms with van der Waals surface area (Å²) in [6.07, 6.45) is 1.80. The minimum absolute atomic E-state index is 0.0616. The van der Waals surface area contributed by atoms with Gasteiger partial charge in [0.15, 0.2) is 5.82 Å². The third-order valence-corrected chi connectivity index (χ3v) is 4.65. The first kappa shape index (κ1) is 15.6. The number of rotatable bonds is 2. The number of piperidine rings is 1. The molecule has 4 rings (SSSR count). The quantitative estimate of drug-likeness (QED) is 0.870. The molecular formula is C17H19N5O3. The van der Waals surface area contributed by atoms with Crippen molar-refractivity contribution in [2.45, 2.75) is 32.2 Å². The van der Waals surface area contributed by atoms with E-state index in [0.717, 1.165) is 18.4 Å². The Bertz CT molecular complexity index is 831. The highest BCUT2D eigenvalue weighted by Gasteiger charge is 2.28. The SMILES string of the molecule is Cc1noc([C@@H]2CCCN(C(=O)Nc3ccc4c(c3)C(=O)NC4)C2)n1. The zero-order valence-corrected chi connectivity index (χ0v) is 13.9. The molecule has 8 heteroatoms. The number of aryl methyl sites for hydroxylation is 1. The van der Waals surface area contributed by atoms with Gasteiger partial charge in [-0.3, -0.25) is 4.79 Å². The molecule has 1 saturated heterocycles. The van der Waals surface area contributed by atoms with Gasteiger partial charge in [-0.25, -0.2) is 4.79 Å². The van der Waals surface area contributed by atoms with Crippen molar-refractivity contribution >= 4 is 17.6 Å². The van der Waals surface area contributed by atoms with E-state index >= 15 is 0 Å². The molecule has 0 saturated carbocycles. The molecular weight excluding hydrogens is 322 g/mol. The van der Waals surface area contributed by atoms with Crippen LogP contribution in [-0.4, -0.2) is 40.1 Å². The van der Waals surface area contributed by atoms with Gasteiger partial charge in [0.25, 0.3) is 5.91 Å². The average Bonchev–Trinajstić information content (AvgIpc) is 3.21. The van der Waals surface area contributed by atoms with E-state index < -0.39 is 0 Å². The molecule has 8 nitrogen and oxygen atoms in total. The van der Waals surface area contributed by atoms with Crippen LogP contribution in [0.25, 0.3) is 0 Å². The van der Waals surface area contributed by atoms with Gasteiger partial charge in [-0.2, -0.15) is 4.98 Å². The number of anilines is 1. The lowest BCUT2D eigenvalue weighted by Gasteiger charge is -2.31. The summed E-state index contributed by atoms with van der Waals surface area (Å²) in [4.78, 5) is 30.4. The van der Waals surface area contributed by atoms with Crippen molar-refractivity contribution in [2.75, 3.05) is 18.4 Å². The molecule has 2 aromatic rings. The summed E-state index contributed by atoms with van der Waals surface area (Å²) in [6, 6.07) is 5.22. The Morgan fingerprint density at radius 3 is 3.12 bits per heavy atom. The van der Waals surface area contributed by atoms with Crippen LogP contribution in [0.5, 0.6) is 0 Å². The number of hydrogen-bond donors (Lipinski definition) is 2. The number of carbonyl (C=O) groups is 2. The number of likely N-dealkylation sites (tertiary alicyclic amines) is 1. The summed E-state index contributed by atoms with van der Waals surface area (Å²) in [5, 5.41) is 9.48. The van der Waals surface area contributed by atoms with Gasteiger partial charge in [0.1, 0.15) is 0 Å². The van der Waals surface area contributed by atoms with Gasteiger partial charge in [0.2, 0.25) is 5.89 Å². The highest BCUT2D eigenvalue weighted by Crippen LogP contribution is 2.26. The van der Waals surface area contributed by atoms with Crippen LogP contribution < -0.4 is 10.6 Å². The van der Waals surface area contributed by atoms with Crippen LogP contribution in [-0.2, 0) is 6.54 Å². The van der Waals surface area contributed by atoms with E-state index in [2.05, 4.69) is 20.8 Å². The third kappa shape index (κ3) is 3.07. The van der Waals surface area contributed by atoms with Gasteiger partial charge in [-0.05, 0) is 37.5 Å². The zero-order chi connectivity index (χ0) is 17.4. The van der Waals surface area contributed by atoms with Crippen LogP contribution in [0, 0.1) is 6.92 Å². The lowest BCUT2D eigenvalue weighted by atomic mass is 9.98. The first-order valence-electron chi connectivity index (χ1n) is 8.37. The Labute approximate surface area is 144 Å². The van der Waals surface area contributed by atoms with Crippen LogP contribution in [0.2, 0.25) is 0 Å². The highest BCUT2D eigenvalue weighted by molar-refractivity contribution is 6.00. The number of hydrogen-bond acceptors (Lipinski definition) is 5. The standard InChI is InChI=1S/C17H19N5O3/c1-10-19-16(25-21-10)12-3-2-6-22(9-12)17(24)20-13-5-4-11-8-18-15(23)14(11)7-13/h4-5,7,12H,2-3,6,8-9H2,1H3,(H,18,23)(H,20,24)/t12-/m1/s1. The Kier molecular flexibility index (Phi) is 3.87. The van der Waals surface area contributed by atoms with Crippen molar-refractivity contribution in [1.29, 1.82) is 0 Å². The van der Waals surface area contributed by atoms with Crippen LogP contribution in [0.1, 0.15) is 46.4 Å². The van der Waals surface area contributed by atoms with E-state index in [0.29, 0.717) is 42.6 Å². The second-order valence-electron chi connectivity index (χ2n) is 6.45. The van der Waals surface area contributed by atoms with E-state index in [-0.39, 0.29) is 17.9 Å². The summed E-state index contributed by atoms with van der Waals surface area (Å²) in [5.41, 5.74) is 2.19. The molecule has 3 heterocycles. The molecule has 25 heavy (non-hydrogen) atoms. The predicted octanol–water partition coefficient (Wildman–Crippen LogP) is 2.03. The Balaban J connectivity index is 1.44. The highest BCUT2D eigenvalue weighted by atomic mass is 16.5. The van der Waals surface area contributed by atoms with Gasteiger partial charge < -0.3 is 20.1 Å². The zero-order valence-electron chi connectivity index (χ0n) is 13.9. The van der Waals surface area contributed by atoms with E-state index in [1.54, 1.807) is 17.9 Å². The van der Waals surface area contributed by atoms with Crippen molar-refractivity contribution in [3.63, 3.8) is 0 Å². The summed E-state index contributed by atoms with van der Waals surface area (Å²) in [6.45, 7) is 3.55. The summed E-state index contributed by atoms with van der Waals surface area (Å²) in [7, 11) is 0. The van der Waals surface area contributed by atoms with Crippen LogP contribution in [0.15, 0.2) is 22.7 Å². The minimum Gasteiger partial charge on any atom is -0.348 e. The molecule has 0 spiro atoms. The Morgan fingerprint density at radius 2 is 2.32 bits per heavy atom. The first-order chi connectivity index (χ1) is 12.1. The maximum atomic E-state index is 12.6. The second kappa shape index (κ2) is 6.19. The lowest BCUT2D eigenvalue weighted by Crippen LogP contribution is -2.41. The Hall–Kier alpha value is -2.90. The third-order valence-electron chi connectivity index (χ3n) is 4.65. The van der Waals surface area contributed by atoms with Crippen LogP contribution in [0.3, 0.4) is 0 Å². The molecule has 0 aliphatic carbocycles. The number of benzene rings is 1. The van der Waals surface area contributed by atoms with Gasteiger partial charge in [0.05, 0.1) is 5.92 Å². The summed E-state index contributed by atoms with van der Waals surface area (Å²) in [5.74, 6) is 1.15. The van der Waals surface area contributed by atoms with Crippen LogP contribution in [0.4, 0.5) is 10.5 Å². The summed E-state index contributed by atoms with van der Waals surface area (Å²) >= 11 is 0. The molecule has 1 atom stereocenters. The average molecular weight is 341 g/mol. The fourth-order valence-electron chi connectivity index (χ4n) is 3.34. The van der Waals surface area contributed by atoms with Crippen molar-refractivity contribution in [1.82, 2.24) is 20.4 Å². The maximum Gasteiger partial charge on any atom is 0.321 e. The number of urea groups is 1. The molecule has 1 aromatic heterocycles. The van der Waals surface area contributed by atoms with Gasteiger partial charge in [-0.1, -0.05) is 11.2 Å². The number of fused-ring (bicyclic) bond motifs is 1. The molecule has 2 aliphatic rings. The molecule has 0 bridgehead atoms. The largest absolute Gasteiger partial charge is 0.348 e. The molecule has 1 fully saturated rings. The fraction of sp³-hybridized carbons (Fsp3) is 0.412. The van der Waals surface area contributed by atoms with E-state index in [1.165, 1.54) is 0 Å². The van der Waals surface area contributed by atoms with Crippen molar-refractivity contribution < 1.29 is 14.1 Å². The molecule has 0 unspecified atom stereocenters. The van der Waals surface area contributed by atoms with Crippen LogP contribution >= 0.6 is 0 Å². The lowest BCUT2D eigenvalue weighted by molar-refractivity contribution is 0.0965. The van der Waals surface area contributed by atoms with Crippen molar-refractivity contribution in [2.24, 2.45) is 0 Å². The van der Waals surface area contributed by atoms with Gasteiger partial charge in [0, 0.05) is 30.9 Å². The van der Waals surface area contributed by atoms with E-state index in [9.17, 15) is 9.59 Å². The molecule has 130 valence electrons. The first-order valence-corrected chi connectivity index (χ1v) is 8.37. The fourth-order valence-corrected chi connectivity index (χ4v) is 3.34. The Morgan fingerprint density at radius 1 is 1.44 bits per heavy atom. The number of aromatic nitrogens is 2. The van der Waals surface area contributed by atoms with E-state index in [1.807, 2.05) is 12.1 Å². The monoisotopic (exact) mass is 341 g/mol. The smallest absolute Gasteiger partial charge is 0.321 e. The molecule has 1 aromatic carbocycles. The number of nitrogens with zero attached hydrogens (tertiary/aromatic N) is 3. The molecule has 2 aliphatic heterocycles. The van der Waals surface area contributed by atoms with Gasteiger partial charge in [-0.15, -0.1) is 0 Å². The summed E-state index contributed by atoms with van der Waals surface area (Å²) < 4.78 is 5.25. The van der Waals surface area contributed by atoms with Gasteiger partial charge >= 0.3 is 6.03 Å². The maximum absolute atomic E-state index is 12.6. The van der Waals surface area contributed by atoms with Crippen molar-refractivity contribution in [3.8, 4) is 0 Å². The second-order valence-corrected chi connectivity index (χ2v) is 6.45. The predicted molar refractivity (Wildman–Crippen MR) is 89.2 cm³/mol. The molecule has 2 N–H and O–H groups in total. The van der Waals surface area contributed by atoms with E-state index in [4.69, 9.17) is 4.52 Å². The minimum atomic E-state index is -0.181. The topological polar surface area (TPSA) is 100 Å². The number of nitrogens with one attached hydrogen (secondary N) is 2. The molecule has 0 radical (unpaired) electrons.